The van der Waals surface area contributed by atoms with E-state index in [2.05, 4.69) is 221 Å². The van der Waals surface area contributed by atoms with Gasteiger partial charge in [-0.1, -0.05) is 140 Å². The average molecular weight is 766 g/mol. The topological polar surface area (TPSA) is 38.7 Å². The van der Waals surface area contributed by atoms with Gasteiger partial charge in [0.2, 0.25) is 0 Å². The van der Waals surface area contributed by atoms with Gasteiger partial charge in [0.15, 0.2) is 0 Å². The quantitative estimate of drug-likeness (QED) is 0.147. The van der Waals surface area contributed by atoms with Crippen molar-refractivity contribution in [3.8, 4) is 100 Å². The number of rotatable bonds is 9. The molecule has 2 heterocycles. The Hall–Kier alpha value is -8.01. The Bertz CT molecular complexity index is 2900. The first-order valence-corrected chi connectivity index (χ1v) is 20.2. The lowest BCUT2D eigenvalue weighted by Crippen LogP contribution is -1.88. The molecule has 0 N–H and O–H groups in total. The zero-order valence-electron chi connectivity index (χ0n) is 32.9. The van der Waals surface area contributed by atoms with Crippen LogP contribution in [0.15, 0.2) is 237 Å². The molecule has 3 nitrogen and oxygen atoms in total. The SMILES string of the molecule is c1ccc(-c2cc(-c3cccc(-c4cccc(-c5cccc(-c6ccncc6)c5)c4)c3)cc(-c3cccc(-c4cccc(-c5cccc(-c6cncnc6)c5)c4)c3)c2)cc1. The fourth-order valence-electron chi connectivity index (χ4n) is 8.02. The van der Waals surface area contributed by atoms with E-state index < -0.39 is 0 Å². The summed E-state index contributed by atoms with van der Waals surface area (Å²) in [6.45, 7) is 0. The number of pyridine rings is 1. The Morgan fingerprint density at radius 2 is 0.433 bits per heavy atom. The largest absolute Gasteiger partial charge is 0.265 e. The monoisotopic (exact) mass is 765 g/mol. The second-order valence-corrected chi connectivity index (χ2v) is 15.0. The van der Waals surface area contributed by atoms with Crippen molar-refractivity contribution in [3.05, 3.63) is 237 Å². The van der Waals surface area contributed by atoms with E-state index in [1.54, 1.807) is 6.33 Å². The molecular weight excluding hydrogens is 727 g/mol. The van der Waals surface area contributed by atoms with Crippen molar-refractivity contribution in [2.45, 2.75) is 0 Å². The van der Waals surface area contributed by atoms with Gasteiger partial charge in [-0.2, -0.15) is 0 Å². The second kappa shape index (κ2) is 16.5. The van der Waals surface area contributed by atoms with Crippen molar-refractivity contribution in [3.63, 3.8) is 0 Å². The Morgan fingerprint density at radius 1 is 0.183 bits per heavy atom. The number of benzene rings is 8. The van der Waals surface area contributed by atoms with Crippen molar-refractivity contribution in [2.75, 3.05) is 0 Å². The number of hydrogen-bond acceptors (Lipinski definition) is 3. The van der Waals surface area contributed by atoms with Gasteiger partial charge in [-0.15, -0.1) is 0 Å². The van der Waals surface area contributed by atoms with Crippen LogP contribution in [0.3, 0.4) is 0 Å². The lowest BCUT2D eigenvalue weighted by molar-refractivity contribution is 1.17. The fourth-order valence-corrected chi connectivity index (χ4v) is 8.02. The van der Waals surface area contributed by atoms with Crippen LogP contribution in [0.5, 0.6) is 0 Å². The van der Waals surface area contributed by atoms with E-state index in [0.717, 1.165) is 27.8 Å². The molecule has 0 saturated heterocycles. The Morgan fingerprint density at radius 3 is 0.800 bits per heavy atom. The Kier molecular flexibility index (Phi) is 9.97. The third-order valence-corrected chi connectivity index (χ3v) is 11.1. The summed E-state index contributed by atoms with van der Waals surface area (Å²) in [5.41, 5.74) is 20.9. The Balaban J connectivity index is 0.997. The van der Waals surface area contributed by atoms with Crippen LogP contribution in [0.25, 0.3) is 100 Å². The first kappa shape index (κ1) is 36.3. The molecule has 0 bridgehead atoms. The lowest BCUT2D eigenvalue weighted by atomic mass is 9.90. The van der Waals surface area contributed by atoms with Crippen molar-refractivity contribution >= 4 is 0 Å². The van der Waals surface area contributed by atoms with Crippen LogP contribution in [-0.4, -0.2) is 15.0 Å². The maximum atomic E-state index is 4.22. The van der Waals surface area contributed by atoms with Gasteiger partial charge >= 0.3 is 0 Å². The highest BCUT2D eigenvalue weighted by Crippen LogP contribution is 2.37. The highest BCUT2D eigenvalue weighted by Gasteiger charge is 2.12. The summed E-state index contributed by atoms with van der Waals surface area (Å²) in [4.78, 5) is 12.6. The standard InChI is InChI=1S/C57H39N3/c1-2-10-40(11-3-1)54-34-55(51-21-7-18-48(31-51)45-15-5-14-44(29-45)43-13-4-12-42(28-43)41-24-26-58-27-25-41)36-56(35-54)52-22-8-19-49(32-52)46-16-6-17-47(30-46)50-20-9-23-53(33-50)57-37-59-39-60-38-57/h1-39H. The maximum Gasteiger partial charge on any atom is 0.115 e. The minimum Gasteiger partial charge on any atom is -0.265 e. The maximum absolute atomic E-state index is 4.22. The minimum absolute atomic E-state index is 1.00. The molecule has 0 unspecified atom stereocenters. The van der Waals surface area contributed by atoms with Crippen LogP contribution < -0.4 is 0 Å². The summed E-state index contributed by atoms with van der Waals surface area (Å²) in [5, 5.41) is 0. The van der Waals surface area contributed by atoms with Crippen LogP contribution >= 0.6 is 0 Å². The van der Waals surface area contributed by atoms with E-state index >= 15 is 0 Å². The van der Waals surface area contributed by atoms with E-state index in [1.807, 2.05) is 24.8 Å². The van der Waals surface area contributed by atoms with Crippen molar-refractivity contribution in [1.82, 2.24) is 15.0 Å². The molecule has 10 aromatic rings. The summed E-state index contributed by atoms with van der Waals surface area (Å²) in [5.74, 6) is 0. The number of hydrogen-bond donors (Lipinski definition) is 0. The third kappa shape index (κ3) is 7.80. The normalized spacial score (nSPS) is 11.0. The molecule has 2 aromatic heterocycles. The summed E-state index contributed by atoms with van der Waals surface area (Å²) in [6.07, 6.45) is 8.96. The Labute approximate surface area is 351 Å². The van der Waals surface area contributed by atoms with Crippen molar-refractivity contribution in [1.29, 1.82) is 0 Å². The molecule has 0 spiro atoms. The predicted octanol–water partition coefficient (Wildman–Crippen LogP) is 14.9. The molecule has 8 aromatic carbocycles. The molecule has 0 radical (unpaired) electrons. The van der Waals surface area contributed by atoms with E-state index in [9.17, 15) is 0 Å². The molecular formula is C57H39N3. The van der Waals surface area contributed by atoms with Gasteiger partial charge in [-0.05, 0) is 161 Å². The molecule has 10 rings (SSSR count). The van der Waals surface area contributed by atoms with Crippen LogP contribution in [0.4, 0.5) is 0 Å². The van der Waals surface area contributed by atoms with E-state index in [1.165, 1.54) is 72.3 Å². The van der Waals surface area contributed by atoms with Crippen molar-refractivity contribution in [2.24, 2.45) is 0 Å². The average Bonchev–Trinajstić information content (AvgIpc) is 3.35. The van der Waals surface area contributed by atoms with Crippen LogP contribution in [-0.2, 0) is 0 Å². The van der Waals surface area contributed by atoms with Crippen LogP contribution in [0.2, 0.25) is 0 Å². The third-order valence-electron chi connectivity index (χ3n) is 11.1. The minimum atomic E-state index is 1.00. The molecule has 60 heavy (non-hydrogen) atoms. The molecule has 3 heteroatoms. The molecule has 0 aliphatic carbocycles. The first-order chi connectivity index (χ1) is 29.7. The highest BCUT2D eigenvalue weighted by molar-refractivity contribution is 5.86. The number of nitrogens with zero attached hydrogens (tertiary/aromatic N) is 3. The van der Waals surface area contributed by atoms with Gasteiger partial charge < -0.3 is 0 Å². The molecule has 0 amide bonds. The predicted molar refractivity (Wildman–Crippen MR) is 249 cm³/mol. The molecule has 0 aliphatic rings. The molecule has 0 fully saturated rings. The van der Waals surface area contributed by atoms with Gasteiger partial charge in [0.05, 0.1) is 0 Å². The summed E-state index contributed by atoms with van der Waals surface area (Å²) in [7, 11) is 0. The van der Waals surface area contributed by atoms with Gasteiger partial charge in [0, 0.05) is 30.4 Å². The van der Waals surface area contributed by atoms with Crippen molar-refractivity contribution < 1.29 is 0 Å². The molecule has 0 saturated carbocycles. The number of aromatic nitrogens is 3. The zero-order chi connectivity index (χ0) is 40.1. The summed E-state index contributed by atoms with van der Waals surface area (Å²) >= 11 is 0. The highest BCUT2D eigenvalue weighted by atomic mass is 14.8. The lowest BCUT2D eigenvalue weighted by Gasteiger charge is -2.14. The summed E-state index contributed by atoms with van der Waals surface area (Å²) in [6, 6.07) is 74.5. The fraction of sp³-hybridized carbons (Fsp3) is 0. The second-order valence-electron chi connectivity index (χ2n) is 15.0. The zero-order valence-corrected chi connectivity index (χ0v) is 32.9. The summed E-state index contributed by atoms with van der Waals surface area (Å²) < 4.78 is 0. The van der Waals surface area contributed by atoms with Gasteiger partial charge in [0.25, 0.3) is 0 Å². The van der Waals surface area contributed by atoms with Gasteiger partial charge in [0.1, 0.15) is 6.33 Å². The molecule has 282 valence electrons. The van der Waals surface area contributed by atoms with Gasteiger partial charge in [-0.3, -0.25) is 4.98 Å². The van der Waals surface area contributed by atoms with Crippen LogP contribution in [0, 0.1) is 0 Å². The smallest absolute Gasteiger partial charge is 0.115 e. The molecule has 0 atom stereocenters. The first-order valence-electron chi connectivity index (χ1n) is 20.2. The van der Waals surface area contributed by atoms with Crippen LogP contribution in [0.1, 0.15) is 0 Å². The molecule has 0 aliphatic heterocycles. The van der Waals surface area contributed by atoms with Gasteiger partial charge in [-0.25, -0.2) is 9.97 Å². The van der Waals surface area contributed by atoms with E-state index in [4.69, 9.17) is 0 Å². The van der Waals surface area contributed by atoms with E-state index in [-0.39, 0.29) is 0 Å². The van der Waals surface area contributed by atoms with E-state index in [0.29, 0.717) is 0 Å².